The van der Waals surface area contributed by atoms with Crippen LogP contribution in [0.4, 0.5) is 0 Å². The Hall–Kier alpha value is -2.03. The molecule has 1 aromatic rings. The summed E-state index contributed by atoms with van der Waals surface area (Å²) in [6.07, 6.45) is 6.18. The Kier molecular flexibility index (Phi) is 3.38. The minimum absolute atomic E-state index is 0.0132. The van der Waals surface area contributed by atoms with E-state index in [-0.39, 0.29) is 5.91 Å². The Bertz CT molecular complexity index is 421. The molecule has 0 fully saturated rings. The second-order valence-electron chi connectivity index (χ2n) is 3.61. The number of dihydropyridines is 1. The molecule has 3 heteroatoms. The largest absolute Gasteiger partial charge is 0.367 e. The highest BCUT2D eigenvalue weighted by molar-refractivity contribution is 5.93. The van der Waals surface area contributed by atoms with Crippen molar-refractivity contribution >= 4 is 5.91 Å². The fourth-order valence-electron chi connectivity index (χ4n) is 1.51. The number of allylic oxidation sites excluding steroid dienone is 1. The van der Waals surface area contributed by atoms with E-state index in [4.69, 9.17) is 0 Å². The van der Waals surface area contributed by atoms with E-state index >= 15 is 0 Å². The molecule has 1 aliphatic rings. The molecule has 0 unspecified atom stereocenters. The molecule has 2 rings (SSSR count). The number of carbonyl (C=O) groups is 1. The van der Waals surface area contributed by atoms with E-state index in [2.05, 4.69) is 10.6 Å². The van der Waals surface area contributed by atoms with Crippen molar-refractivity contribution in [2.45, 2.75) is 13.0 Å². The smallest absolute Gasteiger partial charge is 0.249 e. The van der Waals surface area contributed by atoms with Crippen molar-refractivity contribution in [2.75, 3.05) is 0 Å². The van der Waals surface area contributed by atoms with Crippen LogP contribution < -0.4 is 10.6 Å². The Labute approximate surface area is 94.9 Å². The van der Waals surface area contributed by atoms with Gasteiger partial charge in [0.2, 0.25) is 5.91 Å². The lowest BCUT2D eigenvalue weighted by Crippen LogP contribution is -2.26. The highest BCUT2D eigenvalue weighted by Gasteiger charge is 2.08. The van der Waals surface area contributed by atoms with Crippen LogP contribution in [0.15, 0.2) is 54.4 Å². The van der Waals surface area contributed by atoms with Crippen molar-refractivity contribution < 1.29 is 4.79 Å². The van der Waals surface area contributed by atoms with Gasteiger partial charge in [-0.25, -0.2) is 0 Å². The summed E-state index contributed by atoms with van der Waals surface area (Å²) in [6.45, 7) is 0.570. The van der Waals surface area contributed by atoms with E-state index in [9.17, 15) is 4.79 Å². The maximum atomic E-state index is 11.7. The van der Waals surface area contributed by atoms with Gasteiger partial charge < -0.3 is 10.6 Å². The monoisotopic (exact) mass is 214 g/mol. The first-order valence-corrected chi connectivity index (χ1v) is 5.28. The first-order chi connectivity index (χ1) is 7.86. The summed E-state index contributed by atoms with van der Waals surface area (Å²) in [6, 6.07) is 9.88. The third kappa shape index (κ3) is 2.73. The van der Waals surface area contributed by atoms with E-state index in [0.29, 0.717) is 13.0 Å². The van der Waals surface area contributed by atoms with Crippen LogP contribution in [0.2, 0.25) is 0 Å². The van der Waals surface area contributed by atoms with E-state index < -0.39 is 0 Å². The molecule has 0 atom stereocenters. The molecule has 0 spiro atoms. The number of hydrogen-bond acceptors (Lipinski definition) is 2. The van der Waals surface area contributed by atoms with Gasteiger partial charge in [0.25, 0.3) is 0 Å². The fourth-order valence-corrected chi connectivity index (χ4v) is 1.51. The van der Waals surface area contributed by atoms with E-state index in [0.717, 1.165) is 11.1 Å². The number of benzene rings is 1. The minimum Gasteiger partial charge on any atom is -0.367 e. The SMILES string of the molecule is O=C(NCc1ccccc1)C1=CNC=CC1. The lowest BCUT2D eigenvalue weighted by Gasteiger charge is -2.10. The Morgan fingerprint density at radius 1 is 1.31 bits per heavy atom. The molecule has 0 bridgehead atoms. The Balaban J connectivity index is 1.87. The lowest BCUT2D eigenvalue weighted by atomic mass is 10.1. The zero-order chi connectivity index (χ0) is 11.2. The standard InChI is InChI=1S/C13H14N2O/c16-13(12-7-4-8-14-10-12)15-9-11-5-2-1-3-6-11/h1-6,8,10,14H,7,9H2,(H,15,16). The minimum atomic E-state index is -0.0132. The molecule has 1 aliphatic heterocycles. The van der Waals surface area contributed by atoms with Gasteiger partial charge in [0.05, 0.1) is 0 Å². The van der Waals surface area contributed by atoms with Gasteiger partial charge in [-0.2, -0.15) is 0 Å². The zero-order valence-electron chi connectivity index (χ0n) is 8.94. The van der Waals surface area contributed by atoms with Gasteiger partial charge in [0.15, 0.2) is 0 Å². The van der Waals surface area contributed by atoms with Crippen molar-refractivity contribution in [1.29, 1.82) is 0 Å². The first-order valence-electron chi connectivity index (χ1n) is 5.28. The van der Waals surface area contributed by atoms with Gasteiger partial charge in [0.1, 0.15) is 0 Å². The fraction of sp³-hybridized carbons (Fsp3) is 0.154. The van der Waals surface area contributed by atoms with Gasteiger partial charge >= 0.3 is 0 Å². The van der Waals surface area contributed by atoms with Gasteiger partial charge in [-0.1, -0.05) is 36.4 Å². The van der Waals surface area contributed by atoms with Crippen LogP contribution in [0, 0.1) is 0 Å². The third-order valence-corrected chi connectivity index (χ3v) is 2.40. The molecular formula is C13H14N2O. The Morgan fingerprint density at radius 3 is 2.81 bits per heavy atom. The highest BCUT2D eigenvalue weighted by Crippen LogP contribution is 2.06. The van der Waals surface area contributed by atoms with E-state index in [1.54, 1.807) is 6.20 Å². The quantitative estimate of drug-likeness (QED) is 0.804. The van der Waals surface area contributed by atoms with Crippen LogP contribution >= 0.6 is 0 Å². The average Bonchev–Trinajstić information content (AvgIpc) is 2.38. The van der Waals surface area contributed by atoms with Crippen LogP contribution in [-0.2, 0) is 11.3 Å². The molecule has 1 heterocycles. The number of amides is 1. The third-order valence-electron chi connectivity index (χ3n) is 2.40. The van der Waals surface area contributed by atoms with E-state index in [1.807, 2.05) is 42.6 Å². The number of carbonyl (C=O) groups excluding carboxylic acids is 1. The summed E-state index contributed by atoms with van der Waals surface area (Å²) >= 11 is 0. The molecule has 3 nitrogen and oxygen atoms in total. The molecule has 0 aliphatic carbocycles. The van der Waals surface area contributed by atoms with E-state index in [1.165, 1.54) is 0 Å². The molecule has 0 saturated heterocycles. The Morgan fingerprint density at radius 2 is 2.12 bits per heavy atom. The summed E-state index contributed by atoms with van der Waals surface area (Å²) in [5.74, 6) is -0.0132. The van der Waals surface area contributed by atoms with Crippen molar-refractivity contribution in [3.05, 3.63) is 59.9 Å². The normalized spacial score (nSPS) is 13.9. The molecule has 0 aromatic heterocycles. The first kappa shape index (κ1) is 10.5. The van der Waals surface area contributed by atoms with Gasteiger partial charge in [-0.3, -0.25) is 4.79 Å². The predicted molar refractivity (Wildman–Crippen MR) is 63.3 cm³/mol. The maximum absolute atomic E-state index is 11.7. The lowest BCUT2D eigenvalue weighted by molar-refractivity contribution is -0.117. The van der Waals surface area contributed by atoms with Crippen molar-refractivity contribution in [3.8, 4) is 0 Å². The number of nitrogens with one attached hydrogen (secondary N) is 2. The molecular weight excluding hydrogens is 200 g/mol. The summed E-state index contributed by atoms with van der Waals surface area (Å²) < 4.78 is 0. The van der Waals surface area contributed by atoms with Crippen molar-refractivity contribution in [3.63, 3.8) is 0 Å². The summed E-state index contributed by atoms with van der Waals surface area (Å²) in [5, 5.41) is 5.80. The maximum Gasteiger partial charge on any atom is 0.249 e. The zero-order valence-corrected chi connectivity index (χ0v) is 8.94. The summed E-state index contributed by atoms with van der Waals surface area (Å²) in [7, 11) is 0. The van der Waals surface area contributed by atoms with Crippen molar-refractivity contribution in [1.82, 2.24) is 10.6 Å². The van der Waals surface area contributed by atoms with Crippen LogP contribution in [0.1, 0.15) is 12.0 Å². The molecule has 0 saturated carbocycles. The van der Waals surface area contributed by atoms with Gasteiger partial charge in [-0.05, 0) is 18.2 Å². The molecule has 82 valence electrons. The predicted octanol–water partition coefficient (Wildman–Crippen LogP) is 1.69. The number of rotatable bonds is 3. The van der Waals surface area contributed by atoms with Crippen LogP contribution in [0.5, 0.6) is 0 Å². The van der Waals surface area contributed by atoms with Crippen molar-refractivity contribution in [2.24, 2.45) is 0 Å². The van der Waals surface area contributed by atoms with Crippen LogP contribution in [0.3, 0.4) is 0 Å². The molecule has 0 radical (unpaired) electrons. The summed E-state index contributed by atoms with van der Waals surface area (Å²) in [5.41, 5.74) is 1.87. The molecule has 2 N–H and O–H groups in total. The highest BCUT2D eigenvalue weighted by atomic mass is 16.1. The topological polar surface area (TPSA) is 41.1 Å². The summed E-state index contributed by atoms with van der Waals surface area (Å²) in [4.78, 5) is 11.7. The van der Waals surface area contributed by atoms with Crippen LogP contribution in [-0.4, -0.2) is 5.91 Å². The molecule has 1 aromatic carbocycles. The van der Waals surface area contributed by atoms with Gasteiger partial charge in [0, 0.05) is 18.3 Å². The second-order valence-corrected chi connectivity index (χ2v) is 3.61. The van der Waals surface area contributed by atoms with Gasteiger partial charge in [-0.15, -0.1) is 0 Å². The molecule has 16 heavy (non-hydrogen) atoms. The number of hydrogen-bond donors (Lipinski definition) is 2. The molecule has 1 amide bonds. The average molecular weight is 214 g/mol. The van der Waals surface area contributed by atoms with Crippen LogP contribution in [0.25, 0.3) is 0 Å². The second kappa shape index (κ2) is 5.16.